The van der Waals surface area contributed by atoms with Crippen molar-refractivity contribution in [2.45, 2.75) is 5.54 Å². The second-order valence-electron chi connectivity index (χ2n) is 6.42. The number of carbonyl (C=O) groups excluding carboxylic acids is 1. The fourth-order valence-corrected chi connectivity index (χ4v) is 3.49. The topological polar surface area (TPSA) is 59.9 Å². The van der Waals surface area contributed by atoms with Gasteiger partial charge < -0.3 is 14.8 Å². The van der Waals surface area contributed by atoms with Crippen molar-refractivity contribution in [1.29, 1.82) is 0 Å². The molecule has 3 aromatic rings. The molecule has 0 saturated heterocycles. The second kappa shape index (κ2) is 7.19. The molecular formula is C23H20N2O3. The van der Waals surface area contributed by atoms with Crippen molar-refractivity contribution in [1.82, 2.24) is 5.32 Å². The Morgan fingerprint density at radius 3 is 1.96 bits per heavy atom. The number of ether oxygens (including phenoxy) is 2. The summed E-state index contributed by atoms with van der Waals surface area (Å²) in [5.41, 5.74) is 1.11. The van der Waals surface area contributed by atoms with E-state index in [9.17, 15) is 4.79 Å². The lowest BCUT2D eigenvalue weighted by atomic mass is 9.83. The van der Waals surface area contributed by atoms with Gasteiger partial charge in [-0.05, 0) is 29.3 Å². The van der Waals surface area contributed by atoms with Crippen molar-refractivity contribution in [2.24, 2.45) is 4.99 Å². The molecule has 140 valence electrons. The van der Waals surface area contributed by atoms with Gasteiger partial charge in [-0.1, -0.05) is 60.7 Å². The number of nitrogens with zero attached hydrogens (tertiary/aromatic N) is 1. The van der Waals surface area contributed by atoms with E-state index >= 15 is 0 Å². The second-order valence-corrected chi connectivity index (χ2v) is 6.42. The summed E-state index contributed by atoms with van der Waals surface area (Å²) in [6.45, 7) is 0. The molecule has 0 unspecified atom stereocenters. The lowest BCUT2D eigenvalue weighted by Crippen LogP contribution is -2.38. The highest BCUT2D eigenvalue weighted by Gasteiger charge is 2.47. The summed E-state index contributed by atoms with van der Waals surface area (Å²) in [6.07, 6.45) is 0. The van der Waals surface area contributed by atoms with Gasteiger partial charge in [-0.3, -0.25) is 4.79 Å². The molecule has 5 nitrogen and oxygen atoms in total. The van der Waals surface area contributed by atoms with Crippen LogP contribution in [0.15, 0.2) is 83.9 Å². The predicted octanol–water partition coefficient (Wildman–Crippen LogP) is 3.52. The van der Waals surface area contributed by atoms with E-state index in [0.717, 1.165) is 11.1 Å². The van der Waals surface area contributed by atoms with Crippen LogP contribution in [0.25, 0.3) is 0 Å². The first-order valence-corrected chi connectivity index (χ1v) is 8.94. The van der Waals surface area contributed by atoms with Gasteiger partial charge in [0, 0.05) is 0 Å². The third kappa shape index (κ3) is 2.81. The predicted molar refractivity (Wildman–Crippen MR) is 108 cm³/mol. The van der Waals surface area contributed by atoms with Crippen LogP contribution in [0, 0.1) is 0 Å². The number of amidine groups is 1. The van der Waals surface area contributed by atoms with E-state index in [4.69, 9.17) is 14.5 Å². The molecule has 0 saturated carbocycles. The van der Waals surface area contributed by atoms with Crippen LogP contribution in [0.2, 0.25) is 0 Å². The zero-order valence-corrected chi connectivity index (χ0v) is 15.7. The molecule has 0 spiro atoms. The van der Waals surface area contributed by atoms with Gasteiger partial charge in [0.05, 0.1) is 19.8 Å². The summed E-state index contributed by atoms with van der Waals surface area (Å²) in [5, 5.41) is 2.96. The number of nitrogens with one attached hydrogen (secondary N) is 1. The lowest BCUT2D eigenvalue weighted by Gasteiger charge is -2.24. The normalized spacial score (nSPS) is 14.9. The summed E-state index contributed by atoms with van der Waals surface area (Å²) in [5.74, 6) is 1.51. The van der Waals surface area contributed by atoms with Gasteiger partial charge in [0.25, 0.3) is 5.91 Å². The van der Waals surface area contributed by atoms with Gasteiger partial charge in [0.1, 0.15) is 17.3 Å². The number of methoxy groups -OCH3 is 2. The number of hydrogen-bond acceptors (Lipinski definition) is 4. The molecule has 0 aliphatic carbocycles. The summed E-state index contributed by atoms with van der Waals surface area (Å²) in [4.78, 5) is 18.3. The van der Waals surface area contributed by atoms with E-state index in [1.165, 1.54) is 0 Å². The molecule has 4 rings (SSSR count). The van der Waals surface area contributed by atoms with E-state index in [1.807, 2.05) is 66.7 Å². The summed E-state index contributed by atoms with van der Waals surface area (Å²) in [7, 11) is 3.18. The first kappa shape index (κ1) is 17.8. The minimum Gasteiger partial charge on any atom is -0.497 e. The Labute approximate surface area is 163 Å². The van der Waals surface area contributed by atoms with Crippen molar-refractivity contribution in [2.75, 3.05) is 14.2 Å². The number of hydrogen-bond donors (Lipinski definition) is 1. The van der Waals surface area contributed by atoms with Crippen LogP contribution in [0.4, 0.5) is 0 Å². The summed E-state index contributed by atoms with van der Waals surface area (Å²) < 4.78 is 10.8. The van der Waals surface area contributed by atoms with Crippen LogP contribution in [0.3, 0.4) is 0 Å². The maximum absolute atomic E-state index is 13.3. The van der Waals surface area contributed by atoms with Crippen LogP contribution in [0.5, 0.6) is 11.5 Å². The largest absolute Gasteiger partial charge is 0.497 e. The van der Waals surface area contributed by atoms with Gasteiger partial charge >= 0.3 is 0 Å². The number of benzene rings is 3. The van der Waals surface area contributed by atoms with E-state index in [2.05, 4.69) is 5.32 Å². The molecule has 0 atom stereocenters. The Morgan fingerprint density at radius 2 is 1.43 bits per heavy atom. The third-order valence-electron chi connectivity index (χ3n) is 4.88. The number of carbonyl (C=O) groups is 1. The molecule has 3 aromatic carbocycles. The standard InChI is InChI=1S/C23H20N2O3/c1-27-18-13-14-20(28-2)19(15-18)21-24-22(26)23(25-21,16-9-5-3-6-10-16)17-11-7-4-8-12-17/h3-15H,1-2H3,(H,24,25,26). The fourth-order valence-electron chi connectivity index (χ4n) is 3.49. The Hall–Kier alpha value is -3.60. The quantitative estimate of drug-likeness (QED) is 0.745. The van der Waals surface area contributed by atoms with Crippen molar-refractivity contribution in [3.8, 4) is 11.5 Å². The van der Waals surface area contributed by atoms with Crippen molar-refractivity contribution >= 4 is 11.7 Å². The van der Waals surface area contributed by atoms with Gasteiger partial charge in [0.15, 0.2) is 5.54 Å². The molecule has 1 heterocycles. The molecule has 1 aliphatic rings. The van der Waals surface area contributed by atoms with E-state index in [-0.39, 0.29) is 5.91 Å². The maximum atomic E-state index is 13.3. The molecular weight excluding hydrogens is 352 g/mol. The van der Waals surface area contributed by atoms with Crippen LogP contribution < -0.4 is 14.8 Å². The first-order valence-electron chi connectivity index (χ1n) is 8.94. The monoisotopic (exact) mass is 372 g/mol. The zero-order chi connectivity index (χ0) is 19.6. The highest BCUT2D eigenvalue weighted by atomic mass is 16.5. The minimum absolute atomic E-state index is 0.204. The van der Waals surface area contributed by atoms with Gasteiger partial charge in [-0.15, -0.1) is 0 Å². The fraction of sp³-hybridized carbons (Fsp3) is 0.130. The number of rotatable bonds is 5. The van der Waals surface area contributed by atoms with Crippen molar-refractivity contribution in [3.63, 3.8) is 0 Å². The molecule has 28 heavy (non-hydrogen) atoms. The molecule has 0 radical (unpaired) electrons. The molecule has 0 fully saturated rings. The molecule has 0 aromatic heterocycles. The van der Waals surface area contributed by atoms with Crippen LogP contribution in [0.1, 0.15) is 16.7 Å². The molecule has 1 aliphatic heterocycles. The van der Waals surface area contributed by atoms with Crippen molar-refractivity contribution in [3.05, 3.63) is 95.6 Å². The smallest absolute Gasteiger partial charge is 0.262 e. The first-order chi connectivity index (χ1) is 13.7. The van der Waals surface area contributed by atoms with E-state index in [1.54, 1.807) is 26.4 Å². The average molecular weight is 372 g/mol. The van der Waals surface area contributed by atoms with Gasteiger partial charge in [-0.25, -0.2) is 4.99 Å². The minimum atomic E-state index is -1.16. The summed E-state index contributed by atoms with van der Waals surface area (Å²) in [6, 6.07) is 24.6. The number of amides is 1. The van der Waals surface area contributed by atoms with Crippen molar-refractivity contribution < 1.29 is 14.3 Å². The highest BCUT2D eigenvalue weighted by molar-refractivity contribution is 6.17. The third-order valence-corrected chi connectivity index (χ3v) is 4.88. The van der Waals surface area contributed by atoms with E-state index in [0.29, 0.717) is 22.9 Å². The zero-order valence-electron chi connectivity index (χ0n) is 15.7. The van der Waals surface area contributed by atoms with Crippen LogP contribution in [-0.4, -0.2) is 26.0 Å². The number of aliphatic imine (C=N–C) groups is 1. The molecule has 1 N–H and O–H groups in total. The highest BCUT2D eigenvalue weighted by Crippen LogP contribution is 2.39. The Bertz CT molecular complexity index is 991. The molecule has 1 amide bonds. The van der Waals surface area contributed by atoms with Crippen LogP contribution in [-0.2, 0) is 10.3 Å². The van der Waals surface area contributed by atoms with E-state index < -0.39 is 5.54 Å². The van der Waals surface area contributed by atoms with Gasteiger partial charge in [-0.2, -0.15) is 0 Å². The Balaban J connectivity index is 1.95. The average Bonchev–Trinajstić information content (AvgIpc) is 3.12. The van der Waals surface area contributed by atoms with Crippen LogP contribution >= 0.6 is 0 Å². The Morgan fingerprint density at radius 1 is 0.821 bits per heavy atom. The van der Waals surface area contributed by atoms with Gasteiger partial charge in [0.2, 0.25) is 0 Å². The summed E-state index contributed by atoms with van der Waals surface area (Å²) >= 11 is 0. The molecule has 5 heteroatoms. The maximum Gasteiger partial charge on any atom is 0.262 e. The lowest BCUT2D eigenvalue weighted by molar-refractivity contribution is -0.122. The Kier molecular flexibility index (Phi) is 4.57. The SMILES string of the molecule is COc1ccc(OC)c(C2=NC(c3ccccc3)(c3ccccc3)C(=O)N2)c1. The molecule has 0 bridgehead atoms.